The summed E-state index contributed by atoms with van der Waals surface area (Å²) in [6.45, 7) is 8.18. The Kier molecular flexibility index (Phi) is 6.00. The number of aromatic nitrogens is 2. The van der Waals surface area contributed by atoms with Crippen LogP contribution in [0, 0.1) is 31.4 Å². The van der Waals surface area contributed by atoms with Crippen molar-refractivity contribution in [3.05, 3.63) is 46.8 Å². The maximum Gasteiger partial charge on any atom is 0.257 e. The highest BCUT2D eigenvalue weighted by molar-refractivity contribution is 5.96. The normalized spacial score (nSPS) is 15.1. The van der Waals surface area contributed by atoms with Crippen molar-refractivity contribution in [3.8, 4) is 5.69 Å². The van der Waals surface area contributed by atoms with E-state index in [0.29, 0.717) is 42.9 Å². The number of benzene rings is 1. The molecule has 29 heavy (non-hydrogen) atoms. The molecule has 156 valence electrons. The zero-order valence-electron chi connectivity index (χ0n) is 17.1. The van der Waals surface area contributed by atoms with Gasteiger partial charge in [0.25, 0.3) is 5.91 Å². The van der Waals surface area contributed by atoms with Gasteiger partial charge in [0.2, 0.25) is 5.91 Å². The Morgan fingerprint density at radius 3 is 2.41 bits per heavy atom. The van der Waals surface area contributed by atoms with E-state index < -0.39 is 11.6 Å². The van der Waals surface area contributed by atoms with Crippen molar-refractivity contribution < 1.29 is 18.4 Å². The molecule has 0 spiro atoms. The third-order valence-corrected chi connectivity index (χ3v) is 5.23. The van der Waals surface area contributed by atoms with Crippen LogP contribution >= 0.6 is 0 Å². The number of hydrogen-bond donors (Lipinski definition) is 1. The molecule has 2 amide bonds. The van der Waals surface area contributed by atoms with Gasteiger partial charge in [0.1, 0.15) is 11.5 Å². The number of aryl methyl sites for hydroxylation is 1. The number of piperidine rings is 1. The summed E-state index contributed by atoms with van der Waals surface area (Å²) in [6.07, 6.45) is 1.20. The molecule has 1 aromatic carbocycles. The Hall–Kier alpha value is -2.77. The van der Waals surface area contributed by atoms with Crippen LogP contribution in [-0.4, -0.2) is 45.6 Å². The molecule has 0 unspecified atom stereocenters. The smallest absolute Gasteiger partial charge is 0.257 e. The van der Waals surface area contributed by atoms with E-state index in [1.807, 2.05) is 13.8 Å². The standard InChI is InChI=1S/C21H26F2N4O2/c1-12(2)24-20(28)15-7-9-26(10-8-15)21(29)19-13(3)25-27(14(19)4)18-6-5-16(22)11-17(18)23/h5-6,11-12,15H,7-10H2,1-4H3,(H,24,28). The van der Waals surface area contributed by atoms with Crippen LogP contribution in [0.1, 0.15) is 48.4 Å². The van der Waals surface area contributed by atoms with Crippen LogP contribution < -0.4 is 5.32 Å². The number of nitrogens with one attached hydrogen (secondary N) is 1. The van der Waals surface area contributed by atoms with Gasteiger partial charge in [0.05, 0.1) is 17.0 Å². The molecule has 1 N–H and O–H groups in total. The van der Waals surface area contributed by atoms with Gasteiger partial charge in [-0.2, -0.15) is 5.10 Å². The minimum absolute atomic E-state index is 0.0269. The first-order chi connectivity index (χ1) is 13.7. The van der Waals surface area contributed by atoms with Gasteiger partial charge in [-0.3, -0.25) is 9.59 Å². The minimum Gasteiger partial charge on any atom is -0.354 e. The molecule has 1 aromatic heterocycles. The molecule has 3 rings (SSSR count). The SMILES string of the molecule is Cc1nn(-c2ccc(F)cc2F)c(C)c1C(=O)N1CCC(C(=O)NC(C)C)CC1. The minimum atomic E-state index is -0.744. The molecule has 0 atom stereocenters. The fraction of sp³-hybridized carbons (Fsp3) is 0.476. The number of hydrogen-bond acceptors (Lipinski definition) is 3. The highest BCUT2D eigenvalue weighted by atomic mass is 19.1. The van der Waals surface area contributed by atoms with Crippen LogP contribution in [0.15, 0.2) is 18.2 Å². The molecule has 1 fully saturated rings. The Bertz CT molecular complexity index is 931. The van der Waals surface area contributed by atoms with E-state index in [0.717, 1.165) is 12.1 Å². The highest BCUT2D eigenvalue weighted by Crippen LogP contribution is 2.25. The summed E-state index contributed by atoms with van der Waals surface area (Å²) in [5.41, 5.74) is 1.49. The Morgan fingerprint density at radius 1 is 1.17 bits per heavy atom. The first kappa shape index (κ1) is 21.0. The van der Waals surface area contributed by atoms with Gasteiger partial charge in [0, 0.05) is 31.1 Å². The first-order valence-corrected chi connectivity index (χ1v) is 9.80. The zero-order chi connectivity index (χ0) is 21.3. The van der Waals surface area contributed by atoms with E-state index in [1.165, 1.54) is 10.7 Å². The number of amides is 2. The van der Waals surface area contributed by atoms with Crippen molar-refractivity contribution in [2.75, 3.05) is 13.1 Å². The molecule has 2 aromatic rings. The van der Waals surface area contributed by atoms with Crippen LogP contribution in [0.25, 0.3) is 5.69 Å². The van der Waals surface area contributed by atoms with Gasteiger partial charge in [0.15, 0.2) is 5.82 Å². The van der Waals surface area contributed by atoms with Gasteiger partial charge in [-0.05, 0) is 52.7 Å². The Morgan fingerprint density at radius 2 is 1.83 bits per heavy atom. The third kappa shape index (κ3) is 4.31. The number of carbonyl (C=O) groups is 2. The lowest BCUT2D eigenvalue weighted by Crippen LogP contribution is -2.44. The number of likely N-dealkylation sites (tertiary alicyclic amines) is 1. The fourth-order valence-electron chi connectivity index (χ4n) is 3.75. The second kappa shape index (κ2) is 8.31. The first-order valence-electron chi connectivity index (χ1n) is 9.80. The summed E-state index contributed by atoms with van der Waals surface area (Å²) in [7, 11) is 0. The molecule has 1 aliphatic heterocycles. The lowest BCUT2D eigenvalue weighted by atomic mass is 9.95. The van der Waals surface area contributed by atoms with Crippen LogP contribution in [0.5, 0.6) is 0 Å². The van der Waals surface area contributed by atoms with Crippen LogP contribution in [0.4, 0.5) is 8.78 Å². The van der Waals surface area contributed by atoms with E-state index in [2.05, 4.69) is 10.4 Å². The summed E-state index contributed by atoms with van der Waals surface area (Å²) >= 11 is 0. The van der Waals surface area contributed by atoms with E-state index in [1.54, 1.807) is 18.7 Å². The van der Waals surface area contributed by atoms with Crippen molar-refractivity contribution in [1.82, 2.24) is 20.0 Å². The highest BCUT2D eigenvalue weighted by Gasteiger charge is 2.31. The van der Waals surface area contributed by atoms with E-state index in [9.17, 15) is 18.4 Å². The van der Waals surface area contributed by atoms with Crippen molar-refractivity contribution in [2.45, 2.75) is 46.6 Å². The maximum absolute atomic E-state index is 14.2. The molecule has 6 nitrogen and oxygen atoms in total. The average Bonchev–Trinajstić information content (AvgIpc) is 2.95. The molecular formula is C21H26F2N4O2. The molecule has 0 radical (unpaired) electrons. The van der Waals surface area contributed by atoms with Crippen LogP contribution in [0.2, 0.25) is 0 Å². The summed E-state index contributed by atoms with van der Waals surface area (Å²) in [5, 5.41) is 7.22. The molecule has 0 aliphatic carbocycles. The average molecular weight is 404 g/mol. The van der Waals surface area contributed by atoms with Gasteiger partial charge < -0.3 is 10.2 Å². The van der Waals surface area contributed by atoms with Gasteiger partial charge >= 0.3 is 0 Å². The van der Waals surface area contributed by atoms with Crippen molar-refractivity contribution in [1.29, 1.82) is 0 Å². The molecule has 2 heterocycles. The molecule has 0 bridgehead atoms. The van der Waals surface area contributed by atoms with E-state index in [4.69, 9.17) is 0 Å². The van der Waals surface area contributed by atoms with Crippen molar-refractivity contribution in [2.24, 2.45) is 5.92 Å². The molecule has 0 saturated carbocycles. The van der Waals surface area contributed by atoms with Crippen LogP contribution in [-0.2, 0) is 4.79 Å². The second-order valence-corrected chi connectivity index (χ2v) is 7.78. The van der Waals surface area contributed by atoms with Gasteiger partial charge in [-0.25, -0.2) is 13.5 Å². The summed E-state index contributed by atoms with van der Waals surface area (Å²) < 4.78 is 28.7. The number of rotatable bonds is 4. The number of nitrogens with zero attached hydrogens (tertiary/aromatic N) is 3. The van der Waals surface area contributed by atoms with Crippen molar-refractivity contribution >= 4 is 11.8 Å². The maximum atomic E-state index is 14.2. The largest absolute Gasteiger partial charge is 0.354 e. The molecule has 8 heteroatoms. The lowest BCUT2D eigenvalue weighted by molar-refractivity contribution is -0.126. The predicted molar refractivity (Wildman–Crippen MR) is 105 cm³/mol. The van der Waals surface area contributed by atoms with Gasteiger partial charge in [-0.1, -0.05) is 0 Å². The predicted octanol–water partition coefficient (Wildman–Crippen LogP) is 3.14. The fourth-order valence-corrected chi connectivity index (χ4v) is 3.75. The molecule has 1 aliphatic rings. The van der Waals surface area contributed by atoms with Crippen molar-refractivity contribution in [3.63, 3.8) is 0 Å². The lowest BCUT2D eigenvalue weighted by Gasteiger charge is -2.31. The summed E-state index contributed by atoms with van der Waals surface area (Å²) in [5.74, 6) is -1.67. The quantitative estimate of drug-likeness (QED) is 0.851. The Labute approximate surface area is 168 Å². The van der Waals surface area contributed by atoms with E-state index >= 15 is 0 Å². The summed E-state index contributed by atoms with van der Waals surface area (Å²) in [6, 6.07) is 3.34. The monoisotopic (exact) mass is 404 g/mol. The number of carbonyl (C=O) groups excluding carboxylic acids is 2. The number of halogens is 2. The third-order valence-electron chi connectivity index (χ3n) is 5.23. The van der Waals surface area contributed by atoms with E-state index in [-0.39, 0.29) is 29.5 Å². The summed E-state index contributed by atoms with van der Waals surface area (Å²) in [4.78, 5) is 27.0. The molecular weight excluding hydrogens is 378 g/mol. The molecule has 1 saturated heterocycles. The second-order valence-electron chi connectivity index (χ2n) is 7.78. The van der Waals surface area contributed by atoms with Crippen LogP contribution in [0.3, 0.4) is 0 Å². The zero-order valence-corrected chi connectivity index (χ0v) is 17.1. The van der Waals surface area contributed by atoms with Gasteiger partial charge in [-0.15, -0.1) is 0 Å². The topological polar surface area (TPSA) is 67.2 Å². The Balaban J connectivity index is 1.77.